The van der Waals surface area contributed by atoms with Crippen molar-refractivity contribution in [2.24, 2.45) is 7.05 Å². The van der Waals surface area contributed by atoms with E-state index in [1.165, 1.54) is 26.4 Å². The number of carbonyl (C=O) groups is 1. The van der Waals surface area contributed by atoms with Gasteiger partial charge in [-0.25, -0.2) is 18.0 Å². The number of fused-ring (bicyclic) bond motifs is 1. The van der Waals surface area contributed by atoms with Crippen LogP contribution >= 0.6 is 0 Å². The summed E-state index contributed by atoms with van der Waals surface area (Å²) in [5, 5.41) is 3.32. The highest BCUT2D eigenvalue weighted by Crippen LogP contribution is 2.38. The number of nitrogens with one attached hydrogen (secondary N) is 1. The van der Waals surface area contributed by atoms with Crippen LogP contribution in [-0.4, -0.2) is 60.5 Å². The molecule has 0 saturated heterocycles. The lowest BCUT2D eigenvalue weighted by Crippen LogP contribution is -2.56. The van der Waals surface area contributed by atoms with Crippen LogP contribution in [0.2, 0.25) is 0 Å². The van der Waals surface area contributed by atoms with Crippen molar-refractivity contribution in [3.8, 4) is 11.3 Å². The molecule has 0 unspecified atom stereocenters. The van der Waals surface area contributed by atoms with Gasteiger partial charge in [-0.15, -0.1) is 4.68 Å². The topological polar surface area (TPSA) is 146 Å². The molecule has 16 heteroatoms. The fourth-order valence-electron chi connectivity index (χ4n) is 3.14. The summed E-state index contributed by atoms with van der Waals surface area (Å²) in [6.07, 6.45) is -4.69. The maximum absolute atomic E-state index is 13.8. The summed E-state index contributed by atoms with van der Waals surface area (Å²) < 4.78 is 76.0. The van der Waals surface area contributed by atoms with Gasteiger partial charge in [-0.3, -0.25) is 9.48 Å². The third-order valence-corrected chi connectivity index (χ3v) is 5.52. The summed E-state index contributed by atoms with van der Waals surface area (Å²) in [6.45, 7) is -0.512. The molecule has 0 bridgehead atoms. The number of halogens is 3. The van der Waals surface area contributed by atoms with Crippen LogP contribution in [0.5, 0.6) is 0 Å². The van der Waals surface area contributed by atoms with Crippen LogP contribution in [0, 0.1) is 0 Å². The molecule has 0 spiro atoms. The Hall–Kier alpha value is -3.66. The van der Waals surface area contributed by atoms with Gasteiger partial charge in [0, 0.05) is 25.9 Å². The minimum Gasteiger partial charge on any atom is -0.445 e. The standard InChI is InChI=1S/C18H18F3N5O7S/c1-24-14(4-5-22-24)10-8-11-13(9-12(10)18(19,20)21)23-16(28)25(15(11)27)26(34(3,30)31)17(29)33-7-6-32-2/h4-5,8-9H,6-7H2,1-3H3,(H,23,28). The van der Waals surface area contributed by atoms with Gasteiger partial charge in [0.05, 0.1) is 35.0 Å². The van der Waals surface area contributed by atoms with Gasteiger partial charge < -0.3 is 14.5 Å². The largest absolute Gasteiger partial charge is 0.445 e. The molecule has 3 aromatic rings. The van der Waals surface area contributed by atoms with E-state index < -0.39 is 62.2 Å². The summed E-state index contributed by atoms with van der Waals surface area (Å²) in [5.74, 6) is 0. The quantitative estimate of drug-likeness (QED) is 0.484. The molecule has 0 atom stereocenters. The number of ether oxygens (including phenoxy) is 2. The van der Waals surface area contributed by atoms with Crippen molar-refractivity contribution in [2.75, 3.05) is 31.0 Å². The van der Waals surface area contributed by atoms with Crippen molar-refractivity contribution in [1.29, 1.82) is 0 Å². The molecule has 1 amide bonds. The summed E-state index contributed by atoms with van der Waals surface area (Å²) >= 11 is 0. The molecule has 184 valence electrons. The van der Waals surface area contributed by atoms with Crippen molar-refractivity contribution in [3.63, 3.8) is 0 Å². The van der Waals surface area contributed by atoms with Gasteiger partial charge in [-0.2, -0.15) is 18.3 Å². The first-order chi connectivity index (χ1) is 15.8. The van der Waals surface area contributed by atoms with Crippen molar-refractivity contribution in [2.45, 2.75) is 6.18 Å². The van der Waals surface area contributed by atoms with E-state index in [1.807, 2.05) is 4.98 Å². The molecule has 0 aliphatic carbocycles. The van der Waals surface area contributed by atoms with E-state index in [0.29, 0.717) is 12.3 Å². The van der Waals surface area contributed by atoms with Gasteiger partial charge >= 0.3 is 18.0 Å². The Labute approximate surface area is 189 Å². The number of alkyl halides is 3. The first-order valence-corrected chi connectivity index (χ1v) is 11.2. The normalized spacial score (nSPS) is 12.2. The maximum atomic E-state index is 13.8. The van der Waals surface area contributed by atoms with Crippen LogP contribution in [0.15, 0.2) is 34.0 Å². The molecule has 3 rings (SSSR count). The third kappa shape index (κ3) is 4.67. The fourth-order valence-corrected chi connectivity index (χ4v) is 3.91. The van der Waals surface area contributed by atoms with Crippen molar-refractivity contribution in [3.05, 3.63) is 50.8 Å². The average molecular weight is 505 g/mol. The highest BCUT2D eigenvalue weighted by atomic mass is 32.2. The van der Waals surface area contributed by atoms with Crippen molar-refractivity contribution in [1.82, 2.24) is 19.4 Å². The van der Waals surface area contributed by atoms with Crippen LogP contribution in [0.25, 0.3) is 22.2 Å². The molecular formula is C18H18F3N5O7S. The van der Waals surface area contributed by atoms with Crippen molar-refractivity contribution < 1.29 is 35.9 Å². The summed E-state index contributed by atoms with van der Waals surface area (Å²) in [4.78, 5) is 40.1. The zero-order chi connectivity index (χ0) is 25.4. The Morgan fingerprint density at radius 2 is 1.91 bits per heavy atom. The van der Waals surface area contributed by atoms with Crippen LogP contribution in [-0.2, 0) is 32.7 Å². The van der Waals surface area contributed by atoms with Gasteiger partial charge in [0.25, 0.3) is 15.6 Å². The van der Waals surface area contributed by atoms with E-state index in [1.54, 1.807) is 0 Å². The monoisotopic (exact) mass is 505 g/mol. The predicted octanol–water partition coefficient (Wildman–Crippen LogP) is 0.790. The van der Waals surface area contributed by atoms with Crippen LogP contribution in [0.3, 0.4) is 0 Å². The smallest absolute Gasteiger partial charge is 0.444 e. The highest BCUT2D eigenvalue weighted by Gasteiger charge is 2.36. The molecule has 34 heavy (non-hydrogen) atoms. The third-order valence-electron chi connectivity index (χ3n) is 4.58. The molecule has 12 nitrogen and oxygen atoms in total. The van der Waals surface area contributed by atoms with Crippen LogP contribution < -0.4 is 15.7 Å². The Balaban J connectivity index is 2.34. The predicted molar refractivity (Wildman–Crippen MR) is 112 cm³/mol. The summed E-state index contributed by atoms with van der Waals surface area (Å²) in [7, 11) is -1.92. The average Bonchev–Trinajstić information content (AvgIpc) is 3.14. The SMILES string of the molecule is COCCOC(=O)N(n1c(=O)[nH]c2cc(C(F)(F)F)c(-c3ccnn3C)cc2c1=O)S(C)(=O)=O. The van der Waals surface area contributed by atoms with E-state index in [2.05, 4.69) is 9.84 Å². The number of aryl methyl sites for hydroxylation is 1. The molecule has 1 N–H and O–H groups in total. The summed E-state index contributed by atoms with van der Waals surface area (Å²) in [6, 6.07) is 2.66. The number of rotatable bonds is 6. The number of carbonyl (C=O) groups excluding carboxylic acids is 1. The molecule has 0 radical (unpaired) electrons. The molecule has 1 aromatic carbocycles. The van der Waals surface area contributed by atoms with E-state index in [-0.39, 0.29) is 21.4 Å². The number of aromatic nitrogens is 4. The number of amides is 1. The van der Waals surface area contributed by atoms with Gasteiger partial charge in [-0.1, -0.05) is 4.41 Å². The Morgan fingerprint density at radius 3 is 2.44 bits per heavy atom. The molecule has 2 aromatic heterocycles. The first kappa shape index (κ1) is 25.0. The van der Waals surface area contributed by atoms with Gasteiger partial charge in [0.1, 0.15) is 6.61 Å². The van der Waals surface area contributed by atoms with Crippen molar-refractivity contribution >= 4 is 27.0 Å². The Morgan fingerprint density at radius 1 is 1.24 bits per heavy atom. The zero-order valence-electron chi connectivity index (χ0n) is 17.9. The highest BCUT2D eigenvalue weighted by molar-refractivity contribution is 7.92. The number of aromatic amines is 1. The minimum absolute atomic E-state index is 0.00896. The second-order valence-corrected chi connectivity index (χ2v) is 8.75. The van der Waals surface area contributed by atoms with Crippen LogP contribution in [0.1, 0.15) is 5.56 Å². The van der Waals surface area contributed by atoms with Crippen LogP contribution in [0.4, 0.5) is 18.0 Å². The number of hydrogen-bond donors (Lipinski definition) is 1. The molecule has 0 fully saturated rings. The fraction of sp³-hybridized carbons (Fsp3) is 0.333. The first-order valence-electron chi connectivity index (χ1n) is 9.32. The van der Waals surface area contributed by atoms with Gasteiger partial charge in [-0.05, 0) is 18.2 Å². The Bertz CT molecular complexity index is 1470. The second-order valence-electron chi connectivity index (χ2n) is 6.94. The second kappa shape index (κ2) is 8.94. The number of sulfonamides is 1. The molecular weight excluding hydrogens is 487 g/mol. The Kier molecular flexibility index (Phi) is 6.57. The minimum atomic E-state index is -4.87. The lowest BCUT2D eigenvalue weighted by atomic mass is 10.0. The molecule has 2 heterocycles. The maximum Gasteiger partial charge on any atom is 0.444 e. The van der Waals surface area contributed by atoms with Gasteiger partial charge in [0.2, 0.25) is 0 Å². The van der Waals surface area contributed by atoms with E-state index >= 15 is 0 Å². The lowest BCUT2D eigenvalue weighted by Gasteiger charge is -2.21. The van der Waals surface area contributed by atoms with E-state index in [0.717, 1.165) is 10.7 Å². The van der Waals surface area contributed by atoms with Gasteiger partial charge in [0.15, 0.2) is 0 Å². The number of hydrogen-bond acceptors (Lipinski definition) is 8. The lowest BCUT2D eigenvalue weighted by molar-refractivity contribution is -0.137. The molecule has 0 aliphatic heterocycles. The number of methoxy groups -OCH3 is 1. The van der Waals surface area contributed by atoms with E-state index in [9.17, 15) is 36.0 Å². The van der Waals surface area contributed by atoms with E-state index in [4.69, 9.17) is 4.74 Å². The zero-order valence-corrected chi connectivity index (χ0v) is 18.7. The number of nitrogens with zero attached hydrogens (tertiary/aromatic N) is 4. The molecule has 0 aliphatic rings. The molecule has 0 saturated carbocycles. The number of benzene rings is 1. The number of H-pyrrole nitrogens is 1. The summed E-state index contributed by atoms with van der Waals surface area (Å²) in [5.41, 5.74) is -5.01.